The van der Waals surface area contributed by atoms with Crippen molar-refractivity contribution in [3.8, 4) is 22.8 Å². The van der Waals surface area contributed by atoms with E-state index in [1.807, 2.05) is 35.7 Å². The smallest absolute Gasteiger partial charge is 0.255 e. The van der Waals surface area contributed by atoms with Crippen molar-refractivity contribution in [2.24, 2.45) is 10.8 Å². The molecule has 3 aromatic rings. The van der Waals surface area contributed by atoms with Crippen molar-refractivity contribution in [3.05, 3.63) is 57.9 Å². The van der Waals surface area contributed by atoms with Crippen LogP contribution in [0.3, 0.4) is 0 Å². The number of ether oxygens (including phenoxy) is 2. The number of hydrogen-bond donors (Lipinski definition) is 2. The highest BCUT2D eigenvalue weighted by Crippen LogP contribution is 2.36. The summed E-state index contributed by atoms with van der Waals surface area (Å²) < 4.78 is 11.3. The molecule has 0 aliphatic carbocycles. The van der Waals surface area contributed by atoms with Crippen LogP contribution < -0.4 is 20.6 Å². The number of amides is 1. The highest BCUT2D eigenvalue weighted by atomic mass is 79.9. The summed E-state index contributed by atoms with van der Waals surface area (Å²) in [6.07, 6.45) is 1.63. The standard InChI is InChI=1S/C19H17BrN4O3S/c1-26-16-8-12(7-14(20)18(16)27-10-17(21)25)9-22-24-19-23-15(11-28-19)13-5-3-2-4-6-13/h2-9,11H,10H2,1H3,(H2,21,25)(H,23,24). The number of nitrogens with zero attached hydrogens (tertiary/aromatic N) is 2. The maximum Gasteiger partial charge on any atom is 0.255 e. The van der Waals surface area contributed by atoms with Gasteiger partial charge in [-0.3, -0.25) is 10.2 Å². The van der Waals surface area contributed by atoms with Crippen molar-refractivity contribution in [1.82, 2.24) is 4.98 Å². The van der Waals surface area contributed by atoms with Crippen molar-refractivity contribution >= 4 is 44.5 Å². The van der Waals surface area contributed by atoms with Gasteiger partial charge in [0.1, 0.15) is 0 Å². The van der Waals surface area contributed by atoms with Crippen molar-refractivity contribution in [3.63, 3.8) is 0 Å². The Hall–Kier alpha value is -2.91. The fraction of sp³-hybridized carbons (Fsp3) is 0.105. The number of nitrogens with two attached hydrogens (primary N) is 1. The van der Waals surface area contributed by atoms with Gasteiger partial charge in [-0.15, -0.1) is 11.3 Å². The molecule has 1 heterocycles. The summed E-state index contributed by atoms with van der Waals surface area (Å²) >= 11 is 4.87. The van der Waals surface area contributed by atoms with Gasteiger partial charge in [0.15, 0.2) is 18.1 Å². The van der Waals surface area contributed by atoms with Crippen LogP contribution >= 0.6 is 27.3 Å². The zero-order valence-corrected chi connectivity index (χ0v) is 17.3. The lowest BCUT2D eigenvalue weighted by atomic mass is 10.2. The molecule has 0 radical (unpaired) electrons. The second-order valence-electron chi connectivity index (χ2n) is 5.56. The first kappa shape index (κ1) is 19.8. The monoisotopic (exact) mass is 460 g/mol. The van der Waals surface area contributed by atoms with Gasteiger partial charge >= 0.3 is 0 Å². The number of primary amides is 1. The summed E-state index contributed by atoms with van der Waals surface area (Å²) in [5.74, 6) is 0.290. The number of carbonyl (C=O) groups is 1. The van der Waals surface area contributed by atoms with E-state index < -0.39 is 5.91 Å². The molecule has 0 atom stereocenters. The third-order valence-electron chi connectivity index (χ3n) is 3.56. The Morgan fingerprint density at radius 3 is 2.86 bits per heavy atom. The Labute approximate surface area is 174 Å². The Kier molecular flexibility index (Phi) is 6.62. The van der Waals surface area contributed by atoms with Crippen LogP contribution in [0.25, 0.3) is 11.3 Å². The minimum absolute atomic E-state index is 0.238. The lowest BCUT2D eigenvalue weighted by Gasteiger charge is -2.12. The molecule has 0 unspecified atom stereocenters. The fourth-order valence-corrected chi connectivity index (χ4v) is 3.57. The highest BCUT2D eigenvalue weighted by molar-refractivity contribution is 9.10. The second kappa shape index (κ2) is 9.34. The van der Waals surface area contributed by atoms with Crippen LogP contribution in [-0.4, -0.2) is 30.8 Å². The van der Waals surface area contributed by atoms with Crippen LogP contribution in [0.2, 0.25) is 0 Å². The zero-order valence-electron chi connectivity index (χ0n) is 14.9. The lowest BCUT2D eigenvalue weighted by molar-refractivity contribution is -0.119. The summed E-state index contributed by atoms with van der Waals surface area (Å²) in [7, 11) is 1.51. The summed E-state index contributed by atoms with van der Waals surface area (Å²) in [5.41, 5.74) is 10.8. The molecule has 0 bridgehead atoms. The number of aromatic nitrogens is 1. The largest absolute Gasteiger partial charge is 0.493 e. The Morgan fingerprint density at radius 2 is 2.14 bits per heavy atom. The topological polar surface area (TPSA) is 98.8 Å². The molecule has 3 N–H and O–H groups in total. The van der Waals surface area contributed by atoms with Gasteiger partial charge in [0, 0.05) is 10.9 Å². The third-order valence-corrected chi connectivity index (χ3v) is 4.89. The van der Waals surface area contributed by atoms with Crippen molar-refractivity contribution in [2.45, 2.75) is 0 Å². The molecule has 1 aromatic heterocycles. The molecule has 28 heavy (non-hydrogen) atoms. The second-order valence-corrected chi connectivity index (χ2v) is 7.28. The molecular formula is C19H17BrN4O3S. The van der Waals surface area contributed by atoms with Crippen LogP contribution in [-0.2, 0) is 4.79 Å². The fourth-order valence-electron chi connectivity index (χ4n) is 2.33. The number of hydrazone groups is 1. The maximum atomic E-state index is 10.9. The highest BCUT2D eigenvalue weighted by Gasteiger charge is 2.12. The summed E-state index contributed by atoms with van der Waals surface area (Å²) in [6, 6.07) is 13.5. The number of halogens is 1. The molecule has 3 rings (SSSR count). The predicted molar refractivity (Wildman–Crippen MR) is 114 cm³/mol. The number of carbonyl (C=O) groups excluding carboxylic acids is 1. The van der Waals surface area contributed by atoms with E-state index in [0.29, 0.717) is 21.1 Å². The van der Waals surface area contributed by atoms with Gasteiger partial charge in [-0.05, 0) is 33.6 Å². The number of anilines is 1. The molecule has 0 aliphatic rings. The van der Waals surface area contributed by atoms with Gasteiger partial charge in [-0.25, -0.2) is 4.98 Å². The number of rotatable bonds is 8. The molecule has 9 heteroatoms. The summed E-state index contributed by atoms with van der Waals surface area (Å²) in [4.78, 5) is 15.4. The first-order chi connectivity index (χ1) is 13.6. The van der Waals surface area contributed by atoms with Gasteiger partial charge in [-0.2, -0.15) is 5.10 Å². The Balaban J connectivity index is 1.70. The molecule has 0 spiro atoms. The first-order valence-corrected chi connectivity index (χ1v) is 9.82. The average molecular weight is 461 g/mol. The molecule has 2 aromatic carbocycles. The molecule has 7 nitrogen and oxygen atoms in total. The van der Waals surface area contributed by atoms with Gasteiger partial charge in [-0.1, -0.05) is 30.3 Å². The van der Waals surface area contributed by atoms with Crippen LogP contribution in [0.5, 0.6) is 11.5 Å². The Morgan fingerprint density at radius 1 is 1.36 bits per heavy atom. The van der Waals surface area contributed by atoms with E-state index in [4.69, 9.17) is 15.2 Å². The van der Waals surface area contributed by atoms with Crippen LogP contribution in [0, 0.1) is 0 Å². The van der Waals surface area contributed by atoms with E-state index in [-0.39, 0.29) is 6.61 Å². The van der Waals surface area contributed by atoms with Gasteiger partial charge in [0.2, 0.25) is 5.13 Å². The quantitative estimate of drug-likeness (QED) is 0.392. The van der Waals surface area contributed by atoms with E-state index in [9.17, 15) is 4.79 Å². The van der Waals surface area contributed by atoms with E-state index >= 15 is 0 Å². The number of hydrogen-bond acceptors (Lipinski definition) is 7. The normalized spacial score (nSPS) is 10.8. The lowest BCUT2D eigenvalue weighted by Crippen LogP contribution is -2.20. The molecule has 1 amide bonds. The van der Waals surface area contributed by atoms with E-state index in [1.54, 1.807) is 18.3 Å². The van der Waals surface area contributed by atoms with Crippen molar-refractivity contribution in [2.75, 3.05) is 19.1 Å². The number of methoxy groups -OCH3 is 1. The molecule has 144 valence electrons. The predicted octanol–water partition coefficient (Wildman–Crippen LogP) is 3.89. The van der Waals surface area contributed by atoms with Crippen molar-refractivity contribution < 1.29 is 14.3 Å². The van der Waals surface area contributed by atoms with Crippen LogP contribution in [0.1, 0.15) is 5.56 Å². The SMILES string of the molecule is COc1cc(C=NNc2nc(-c3ccccc3)cs2)cc(Br)c1OCC(N)=O. The molecule has 0 fully saturated rings. The van der Waals surface area contributed by atoms with E-state index in [1.165, 1.54) is 18.4 Å². The summed E-state index contributed by atoms with van der Waals surface area (Å²) in [5, 5.41) is 6.87. The third kappa shape index (κ3) is 5.08. The maximum absolute atomic E-state index is 10.9. The number of thiazole rings is 1. The molecule has 0 saturated carbocycles. The molecule has 0 saturated heterocycles. The Bertz CT molecular complexity index is 992. The van der Waals surface area contributed by atoms with E-state index in [2.05, 4.69) is 31.4 Å². The number of nitrogens with one attached hydrogen (secondary N) is 1. The van der Waals surface area contributed by atoms with Crippen molar-refractivity contribution in [1.29, 1.82) is 0 Å². The van der Waals surface area contributed by atoms with Gasteiger partial charge in [0.25, 0.3) is 5.91 Å². The first-order valence-electron chi connectivity index (χ1n) is 8.15. The zero-order chi connectivity index (χ0) is 19.9. The van der Waals surface area contributed by atoms with E-state index in [0.717, 1.165) is 16.8 Å². The summed E-state index contributed by atoms with van der Waals surface area (Å²) in [6.45, 7) is -0.238. The molecule has 0 aliphatic heterocycles. The van der Waals surface area contributed by atoms with Gasteiger partial charge in [0.05, 0.1) is 23.5 Å². The molecular weight excluding hydrogens is 444 g/mol. The number of benzene rings is 2. The van der Waals surface area contributed by atoms with Crippen LogP contribution in [0.15, 0.2) is 57.4 Å². The van der Waals surface area contributed by atoms with Gasteiger partial charge < -0.3 is 15.2 Å². The average Bonchev–Trinajstić information content (AvgIpc) is 3.16. The minimum atomic E-state index is -0.567. The van der Waals surface area contributed by atoms with Crippen LogP contribution in [0.4, 0.5) is 5.13 Å². The minimum Gasteiger partial charge on any atom is -0.493 e.